The molecule has 0 aliphatic heterocycles. The Morgan fingerprint density at radius 1 is 1.44 bits per heavy atom. The van der Waals surface area contributed by atoms with E-state index in [1.807, 2.05) is 0 Å². The first-order valence-corrected chi connectivity index (χ1v) is 7.65. The van der Waals surface area contributed by atoms with Gasteiger partial charge in [0.05, 0.1) is 5.75 Å². The summed E-state index contributed by atoms with van der Waals surface area (Å²) in [5.74, 6) is -0.970. The van der Waals surface area contributed by atoms with Gasteiger partial charge in [-0.1, -0.05) is 19.8 Å². The van der Waals surface area contributed by atoms with Crippen molar-refractivity contribution in [1.29, 1.82) is 0 Å². The first kappa shape index (κ1) is 15.1. The number of hydrogen-bond donors (Lipinski definition) is 2. The third-order valence-corrected chi connectivity index (χ3v) is 5.10. The van der Waals surface area contributed by atoms with Crippen LogP contribution in [0.25, 0.3) is 0 Å². The van der Waals surface area contributed by atoms with Crippen molar-refractivity contribution in [2.24, 2.45) is 5.92 Å². The number of rotatable bonds is 5. The molecule has 0 aromatic rings. The summed E-state index contributed by atoms with van der Waals surface area (Å²) in [5.41, 5.74) is 0. The second-order valence-electron chi connectivity index (χ2n) is 5.03. The molecule has 0 aromatic carbocycles. The van der Waals surface area contributed by atoms with E-state index in [1.54, 1.807) is 0 Å². The predicted octanol–water partition coefficient (Wildman–Crippen LogP) is 0.903. The Hall–Kier alpha value is -0.910. The van der Waals surface area contributed by atoms with Gasteiger partial charge in [-0.2, -0.15) is 0 Å². The summed E-state index contributed by atoms with van der Waals surface area (Å²) in [6.07, 6.45) is 3.99. The normalized spacial score (nSPS) is 27.2. The summed E-state index contributed by atoms with van der Waals surface area (Å²) in [6.45, 7) is 3.40. The Kier molecular flexibility index (Phi) is 5.78. The van der Waals surface area contributed by atoms with Crippen LogP contribution in [0.4, 0.5) is 0 Å². The highest BCUT2D eigenvalue weighted by Crippen LogP contribution is 2.27. The predicted molar refractivity (Wildman–Crippen MR) is 69.7 cm³/mol. The molecule has 1 amide bonds. The van der Waals surface area contributed by atoms with E-state index in [1.165, 1.54) is 6.92 Å². The van der Waals surface area contributed by atoms with Crippen molar-refractivity contribution in [3.8, 4) is 0 Å². The van der Waals surface area contributed by atoms with Crippen LogP contribution in [0.2, 0.25) is 0 Å². The lowest BCUT2D eigenvalue weighted by Crippen LogP contribution is -2.45. The van der Waals surface area contributed by atoms with E-state index >= 15 is 0 Å². The number of nitrogens with one attached hydrogen (secondary N) is 1. The van der Waals surface area contributed by atoms with Crippen molar-refractivity contribution in [2.75, 3.05) is 5.75 Å². The van der Waals surface area contributed by atoms with E-state index in [4.69, 9.17) is 5.11 Å². The van der Waals surface area contributed by atoms with Crippen LogP contribution in [-0.2, 0) is 20.4 Å². The number of carboxylic acids is 1. The lowest BCUT2D eigenvalue weighted by Gasteiger charge is -2.27. The van der Waals surface area contributed by atoms with Gasteiger partial charge in [0.15, 0.2) is 0 Å². The van der Waals surface area contributed by atoms with Gasteiger partial charge in [-0.25, -0.2) is 4.79 Å². The maximum absolute atomic E-state index is 12.1. The van der Waals surface area contributed by atoms with Gasteiger partial charge in [0, 0.05) is 23.0 Å². The Morgan fingerprint density at radius 2 is 2.11 bits per heavy atom. The SMILES string of the molecule is CC(=O)NC(CS(=O)C1CCCC(C)C1)C(=O)O. The summed E-state index contributed by atoms with van der Waals surface area (Å²) in [4.78, 5) is 21.9. The van der Waals surface area contributed by atoms with Gasteiger partial charge in [-0.3, -0.25) is 9.00 Å². The molecule has 0 aromatic heterocycles. The largest absolute Gasteiger partial charge is 0.480 e. The molecule has 5 nitrogen and oxygen atoms in total. The molecule has 18 heavy (non-hydrogen) atoms. The molecule has 1 fully saturated rings. The molecule has 0 radical (unpaired) electrons. The molecule has 0 bridgehead atoms. The van der Waals surface area contributed by atoms with E-state index in [9.17, 15) is 13.8 Å². The molecular formula is C12H21NO4S. The zero-order valence-electron chi connectivity index (χ0n) is 10.8. The van der Waals surface area contributed by atoms with Crippen LogP contribution in [-0.4, -0.2) is 38.2 Å². The highest BCUT2D eigenvalue weighted by atomic mass is 32.2. The molecule has 4 unspecified atom stereocenters. The van der Waals surface area contributed by atoms with E-state index in [0.717, 1.165) is 25.7 Å². The monoisotopic (exact) mass is 275 g/mol. The van der Waals surface area contributed by atoms with Crippen LogP contribution in [0.3, 0.4) is 0 Å². The number of aliphatic carboxylic acids is 1. The number of hydrogen-bond acceptors (Lipinski definition) is 3. The average Bonchev–Trinajstić information content (AvgIpc) is 2.27. The zero-order chi connectivity index (χ0) is 13.7. The van der Waals surface area contributed by atoms with Crippen molar-refractivity contribution in [3.05, 3.63) is 0 Å². The molecule has 2 N–H and O–H groups in total. The molecular weight excluding hydrogens is 254 g/mol. The van der Waals surface area contributed by atoms with Gasteiger partial charge < -0.3 is 10.4 Å². The second kappa shape index (κ2) is 6.87. The second-order valence-corrected chi connectivity index (χ2v) is 6.79. The van der Waals surface area contributed by atoms with Gasteiger partial charge >= 0.3 is 5.97 Å². The molecule has 0 saturated heterocycles. The minimum Gasteiger partial charge on any atom is -0.480 e. The van der Waals surface area contributed by atoms with Crippen LogP contribution in [0.15, 0.2) is 0 Å². The van der Waals surface area contributed by atoms with Crippen LogP contribution in [0, 0.1) is 5.92 Å². The van der Waals surface area contributed by atoms with E-state index in [0.29, 0.717) is 5.92 Å². The number of carboxylic acid groups (broad SMARTS) is 1. The fraction of sp³-hybridized carbons (Fsp3) is 0.833. The van der Waals surface area contributed by atoms with Crippen molar-refractivity contribution in [1.82, 2.24) is 5.32 Å². The highest BCUT2D eigenvalue weighted by Gasteiger charge is 2.28. The van der Waals surface area contributed by atoms with Gasteiger partial charge in [0.25, 0.3) is 0 Å². The van der Waals surface area contributed by atoms with Crippen molar-refractivity contribution in [2.45, 2.75) is 50.8 Å². The molecule has 1 saturated carbocycles. The Labute approximate surface area is 110 Å². The highest BCUT2D eigenvalue weighted by molar-refractivity contribution is 7.85. The smallest absolute Gasteiger partial charge is 0.327 e. The lowest BCUT2D eigenvalue weighted by molar-refractivity contribution is -0.140. The van der Waals surface area contributed by atoms with Crippen LogP contribution >= 0.6 is 0 Å². The quantitative estimate of drug-likeness (QED) is 0.781. The van der Waals surface area contributed by atoms with Crippen LogP contribution in [0.5, 0.6) is 0 Å². The number of amides is 1. The molecule has 1 rings (SSSR count). The van der Waals surface area contributed by atoms with E-state index < -0.39 is 28.7 Å². The third-order valence-electron chi connectivity index (χ3n) is 3.27. The number of carbonyl (C=O) groups excluding carboxylic acids is 1. The molecule has 6 heteroatoms. The first-order chi connectivity index (χ1) is 8.40. The van der Waals surface area contributed by atoms with Crippen LogP contribution < -0.4 is 5.32 Å². The Balaban J connectivity index is 2.54. The summed E-state index contributed by atoms with van der Waals surface area (Å²) in [7, 11) is -1.19. The van der Waals surface area contributed by atoms with Gasteiger partial charge in [0.2, 0.25) is 5.91 Å². The fourth-order valence-corrected chi connectivity index (χ4v) is 4.14. The van der Waals surface area contributed by atoms with Gasteiger partial charge in [0.1, 0.15) is 6.04 Å². The molecule has 0 heterocycles. The minimum absolute atomic E-state index is 0.00625. The van der Waals surface area contributed by atoms with Crippen molar-refractivity contribution in [3.63, 3.8) is 0 Å². The molecule has 1 aliphatic rings. The molecule has 0 spiro atoms. The molecule has 4 atom stereocenters. The van der Waals surface area contributed by atoms with Gasteiger partial charge in [-0.15, -0.1) is 0 Å². The lowest BCUT2D eigenvalue weighted by atomic mass is 9.91. The zero-order valence-corrected chi connectivity index (χ0v) is 11.7. The summed E-state index contributed by atoms with van der Waals surface area (Å²) in [6, 6.07) is -1.04. The standard InChI is InChI=1S/C12H21NO4S/c1-8-4-3-5-10(6-8)18(17)7-11(12(15)16)13-9(2)14/h8,10-11H,3-7H2,1-2H3,(H,13,14)(H,15,16). The number of carbonyl (C=O) groups is 2. The van der Waals surface area contributed by atoms with Crippen molar-refractivity contribution < 1.29 is 18.9 Å². The maximum atomic E-state index is 12.1. The Bertz CT molecular complexity index is 345. The Morgan fingerprint density at radius 3 is 2.61 bits per heavy atom. The fourth-order valence-electron chi connectivity index (χ4n) is 2.34. The minimum atomic E-state index is -1.19. The van der Waals surface area contributed by atoms with E-state index in [2.05, 4.69) is 12.2 Å². The topological polar surface area (TPSA) is 83.5 Å². The molecule has 1 aliphatic carbocycles. The van der Waals surface area contributed by atoms with E-state index in [-0.39, 0.29) is 11.0 Å². The maximum Gasteiger partial charge on any atom is 0.327 e. The summed E-state index contributed by atoms with van der Waals surface area (Å²) >= 11 is 0. The first-order valence-electron chi connectivity index (χ1n) is 6.27. The average molecular weight is 275 g/mol. The molecule has 104 valence electrons. The van der Waals surface area contributed by atoms with Gasteiger partial charge in [-0.05, 0) is 18.8 Å². The summed E-state index contributed by atoms with van der Waals surface area (Å²) < 4.78 is 12.1. The third kappa shape index (κ3) is 4.76. The summed E-state index contributed by atoms with van der Waals surface area (Å²) in [5, 5.41) is 11.4. The van der Waals surface area contributed by atoms with Crippen molar-refractivity contribution >= 4 is 22.7 Å². The van der Waals surface area contributed by atoms with Crippen LogP contribution in [0.1, 0.15) is 39.5 Å².